The molecule has 3 nitrogen and oxygen atoms in total. The number of carbonyl (C=O) groups excluding carboxylic acids is 1. The summed E-state index contributed by atoms with van der Waals surface area (Å²) in [7, 11) is 1.53. The monoisotopic (exact) mass is 268 g/mol. The van der Waals surface area contributed by atoms with Crippen molar-refractivity contribution in [1.29, 1.82) is 0 Å². The largest absolute Gasteiger partial charge is 0.497 e. The summed E-state index contributed by atoms with van der Waals surface area (Å²) in [5.74, 6) is -0.0199. The highest BCUT2D eigenvalue weighted by Gasteiger charge is 2.33. The number of methoxy groups -OCH3 is 1. The van der Waals surface area contributed by atoms with Gasteiger partial charge in [0.1, 0.15) is 11.5 Å². The zero-order valence-electron chi connectivity index (χ0n) is 7.67. The highest BCUT2D eigenvalue weighted by atomic mass is 35.6. The molecule has 0 amide bonds. The number of ether oxygens (including phenoxy) is 2. The van der Waals surface area contributed by atoms with Gasteiger partial charge in [0.2, 0.25) is 0 Å². The maximum Gasteiger partial charge on any atom is 0.363 e. The molecule has 6 heteroatoms. The third-order valence-corrected chi connectivity index (χ3v) is 1.96. The Hall–Kier alpha value is -0.640. The summed E-state index contributed by atoms with van der Waals surface area (Å²) >= 11 is 16.0. The van der Waals surface area contributed by atoms with Crippen molar-refractivity contribution < 1.29 is 14.3 Å². The van der Waals surface area contributed by atoms with Gasteiger partial charge in [0, 0.05) is 0 Å². The quantitative estimate of drug-likeness (QED) is 0.470. The molecule has 0 fully saturated rings. The summed E-state index contributed by atoms with van der Waals surface area (Å²) in [6.45, 7) is 0. The Morgan fingerprint density at radius 3 is 2.00 bits per heavy atom. The third kappa shape index (κ3) is 3.78. The number of benzene rings is 1. The highest BCUT2D eigenvalue weighted by Crippen LogP contribution is 2.28. The van der Waals surface area contributed by atoms with Crippen LogP contribution < -0.4 is 9.47 Å². The minimum absolute atomic E-state index is 0.284. The Kier molecular flexibility index (Phi) is 4.08. The van der Waals surface area contributed by atoms with E-state index in [1.807, 2.05) is 0 Å². The second kappa shape index (κ2) is 4.92. The van der Waals surface area contributed by atoms with Gasteiger partial charge in [0.05, 0.1) is 7.11 Å². The molecular weight excluding hydrogens is 262 g/mol. The number of rotatable bonds is 2. The van der Waals surface area contributed by atoms with Crippen molar-refractivity contribution >= 4 is 40.8 Å². The average Bonchev–Trinajstić information content (AvgIpc) is 2.17. The smallest absolute Gasteiger partial charge is 0.363 e. The van der Waals surface area contributed by atoms with E-state index in [1.54, 1.807) is 12.1 Å². The molecule has 0 aromatic heterocycles. The van der Waals surface area contributed by atoms with Crippen molar-refractivity contribution in [2.45, 2.75) is 3.79 Å². The molecule has 1 aromatic carbocycles. The van der Waals surface area contributed by atoms with Crippen LogP contribution in [-0.4, -0.2) is 16.9 Å². The van der Waals surface area contributed by atoms with Gasteiger partial charge in [0.25, 0.3) is 3.79 Å². The summed E-state index contributed by atoms with van der Waals surface area (Å²) < 4.78 is 7.64. The van der Waals surface area contributed by atoms with Crippen LogP contribution in [0.4, 0.5) is 0 Å². The van der Waals surface area contributed by atoms with Crippen molar-refractivity contribution in [2.75, 3.05) is 7.11 Å². The van der Waals surface area contributed by atoms with Gasteiger partial charge in [-0.1, -0.05) is 34.8 Å². The zero-order chi connectivity index (χ0) is 11.5. The van der Waals surface area contributed by atoms with Gasteiger partial charge in [-0.15, -0.1) is 0 Å². The van der Waals surface area contributed by atoms with Crippen molar-refractivity contribution in [2.24, 2.45) is 0 Å². The first-order valence-electron chi connectivity index (χ1n) is 3.86. The standard InChI is InChI=1S/C9H7Cl3O3/c1-14-6-2-4-7(5-3-6)15-8(13)9(10,11)12/h2-5H,1H3. The fourth-order valence-corrected chi connectivity index (χ4v) is 0.924. The summed E-state index contributed by atoms with van der Waals surface area (Å²) in [5.41, 5.74) is 0. The Bertz CT molecular complexity index is 343. The van der Waals surface area contributed by atoms with Crippen molar-refractivity contribution in [3.63, 3.8) is 0 Å². The molecule has 1 rings (SSSR count). The Morgan fingerprint density at radius 1 is 1.13 bits per heavy atom. The van der Waals surface area contributed by atoms with Crippen LogP contribution in [0.1, 0.15) is 0 Å². The van der Waals surface area contributed by atoms with Gasteiger partial charge >= 0.3 is 5.97 Å². The molecule has 0 aliphatic heterocycles. The van der Waals surface area contributed by atoms with Crippen LogP contribution in [0.2, 0.25) is 0 Å². The lowest BCUT2D eigenvalue weighted by molar-refractivity contribution is -0.133. The Morgan fingerprint density at radius 2 is 1.60 bits per heavy atom. The van der Waals surface area contributed by atoms with Gasteiger partial charge < -0.3 is 9.47 Å². The van der Waals surface area contributed by atoms with Crippen LogP contribution in [0, 0.1) is 0 Å². The van der Waals surface area contributed by atoms with Crippen molar-refractivity contribution in [3.05, 3.63) is 24.3 Å². The topological polar surface area (TPSA) is 35.5 Å². The molecule has 0 N–H and O–H groups in total. The number of hydrogen-bond acceptors (Lipinski definition) is 3. The van der Waals surface area contributed by atoms with Gasteiger partial charge in [-0.05, 0) is 24.3 Å². The van der Waals surface area contributed by atoms with Crippen LogP contribution in [0.15, 0.2) is 24.3 Å². The van der Waals surface area contributed by atoms with Crippen LogP contribution in [-0.2, 0) is 4.79 Å². The molecule has 1 aromatic rings. The minimum Gasteiger partial charge on any atom is -0.497 e. The van der Waals surface area contributed by atoms with Crippen molar-refractivity contribution in [1.82, 2.24) is 0 Å². The molecule has 0 aliphatic carbocycles. The van der Waals surface area contributed by atoms with Crippen molar-refractivity contribution in [3.8, 4) is 11.5 Å². The predicted octanol–water partition coefficient (Wildman–Crippen LogP) is 2.97. The molecule has 0 saturated carbocycles. The summed E-state index contributed by atoms with van der Waals surface area (Å²) in [4.78, 5) is 11.1. The van der Waals surface area contributed by atoms with Crippen LogP contribution in [0.25, 0.3) is 0 Å². The Labute approximate surface area is 102 Å². The van der Waals surface area contributed by atoms with Gasteiger partial charge in [-0.2, -0.15) is 0 Å². The van der Waals surface area contributed by atoms with Crippen LogP contribution in [0.3, 0.4) is 0 Å². The van der Waals surface area contributed by atoms with E-state index >= 15 is 0 Å². The number of carbonyl (C=O) groups is 1. The number of esters is 1. The first kappa shape index (κ1) is 12.4. The molecule has 82 valence electrons. The second-order valence-electron chi connectivity index (χ2n) is 2.56. The van der Waals surface area contributed by atoms with Crippen LogP contribution in [0.5, 0.6) is 11.5 Å². The lowest BCUT2D eigenvalue weighted by atomic mass is 10.3. The first-order chi connectivity index (χ1) is 6.93. The lowest BCUT2D eigenvalue weighted by Gasteiger charge is -2.10. The molecule has 0 unspecified atom stereocenters. The van der Waals surface area contributed by atoms with E-state index in [1.165, 1.54) is 19.2 Å². The van der Waals surface area contributed by atoms with Gasteiger partial charge in [-0.3, -0.25) is 0 Å². The molecular formula is C9H7Cl3O3. The van der Waals surface area contributed by atoms with E-state index in [4.69, 9.17) is 44.3 Å². The van der Waals surface area contributed by atoms with Gasteiger partial charge in [0.15, 0.2) is 0 Å². The average molecular weight is 270 g/mol. The minimum atomic E-state index is -2.07. The summed E-state index contributed by atoms with van der Waals surface area (Å²) in [5, 5.41) is 0. The maximum absolute atomic E-state index is 11.1. The third-order valence-electron chi connectivity index (χ3n) is 1.50. The number of alkyl halides is 3. The second-order valence-corrected chi connectivity index (χ2v) is 4.84. The van der Waals surface area contributed by atoms with E-state index in [0.29, 0.717) is 5.75 Å². The molecule has 0 atom stereocenters. The Balaban J connectivity index is 2.70. The molecule has 0 bridgehead atoms. The number of hydrogen-bond donors (Lipinski definition) is 0. The molecule has 0 radical (unpaired) electrons. The zero-order valence-corrected chi connectivity index (χ0v) is 9.94. The number of halogens is 3. The fraction of sp³-hybridized carbons (Fsp3) is 0.222. The van der Waals surface area contributed by atoms with Crippen LogP contribution >= 0.6 is 34.8 Å². The van der Waals surface area contributed by atoms with E-state index in [9.17, 15) is 4.79 Å². The molecule has 15 heavy (non-hydrogen) atoms. The first-order valence-corrected chi connectivity index (χ1v) is 5.00. The maximum atomic E-state index is 11.1. The van der Waals surface area contributed by atoms with Gasteiger partial charge in [-0.25, -0.2) is 4.79 Å². The molecule has 0 aliphatic rings. The lowest BCUT2D eigenvalue weighted by Crippen LogP contribution is -2.24. The van der Waals surface area contributed by atoms with E-state index in [2.05, 4.69) is 0 Å². The molecule has 0 saturated heterocycles. The summed E-state index contributed by atoms with van der Waals surface area (Å²) in [6.07, 6.45) is 0. The predicted molar refractivity (Wildman–Crippen MR) is 58.9 cm³/mol. The van der Waals surface area contributed by atoms with E-state index in [0.717, 1.165) is 0 Å². The normalized spacial score (nSPS) is 10.9. The highest BCUT2D eigenvalue weighted by molar-refractivity contribution is 6.75. The van der Waals surface area contributed by atoms with E-state index in [-0.39, 0.29) is 5.75 Å². The fourth-order valence-electron chi connectivity index (χ4n) is 0.809. The van der Waals surface area contributed by atoms with E-state index < -0.39 is 9.76 Å². The SMILES string of the molecule is COc1ccc(OC(=O)C(Cl)(Cl)Cl)cc1. The molecule has 0 spiro atoms. The summed E-state index contributed by atoms with van der Waals surface area (Å²) in [6, 6.07) is 6.32. The molecule has 0 heterocycles.